The molecule has 5 rings (SSSR count). The number of fused-ring (bicyclic) bond motifs is 2. The van der Waals surface area contributed by atoms with Crippen LogP contribution in [0.15, 0.2) is 40.9 Å². The van der Waals surface area contributed by atoms with Crippen molar-refractivity contribution in [1.29, 1.82) is 0 Å². The van der Waals surface area contributed by atoms with Crippen LogP contribution in [0.3, 0.4) is 0 Å². The van der Waals surface area contributed by atoms with E-state index in [1.165, 1.54) is 0 Å². The van der Waals surface area contributed by atoms with E-state index in [1.807, 2.05) is 24.3 Å². The first-order valence-electron chi connectivity index (χ1n) is 11.0. The summed E-state index contributed by atoms with van der Waals surface area (Å²) in [5.74, 6) is 1.72. The molecule has 2 aliphatic heterocycles. The zero-order chi connectivity index (χ0) is 22.2. The number of carbonyl (C=O) groups excluding carboxylic acids is 1. The van der Waals surface area contributed by atoms with Crippen molar-refractivity contribution in [3.05, 3.63) is 42.1 Å². The standard InChI is InChI=1S/C24H28N4O4/c1-15(29)24(28-14-25-18-6-4-5-7-19(18)28)27-10-8-16(9-11-27)23-17-12-21(30-2)22(31-3)13-20(17)32-26-23/h4-7,12-13,16,24-25H,8-11,14H2,1-3H3. The molecule has 2 aliphatic rings. The molecule has 1 saturated heterocycles. The Morgan fingerprint density at radius 3 is 2.59 bits per heavy atom. The first-order valence-corrected chi connectivity index (χ1v) is 11.0. The Labute approximate surface area is 187 Å². The average molecular weight is 437 g/mol. The van der Waals surface area contributed by atoms with Crippen LogP contribution in [0.1, 0.15) is 31.4 Å². The Morgan fingerprint density at radius 1 is 1.16 bits per heavy atom. The number of piperidine rings is 1. The minimum absolute atomic E-state index is 0.158. The molecule has 168 valence electrons. The number of aromatic nitrogens is 1. The lowest BCUT2D eigenvalue weighted by atomic mass is 9.91. The number of benzene rings is 2. The van der Waals surface area contributed by atoms with E-state index < -0.39 is 0 Å². The van der Waals surface area contributed by atoms with Gasteiger partial charge in [-0.3, -0.25) is 9.69 Å². The highest BCUT2D eigenvalue weighted by molar-refractivity contribution is 5.88. The summed E-state index contributed by atoms with van der Waals surface area (Å²) in [7, 11) is 3.24. The van der Waals surface area contributed by atoms with Crippen LogP contribution in [0, 0.1) is 0 Å². The highest BCUT2D eigenvalue weighted by Crippen LogP contribution is 2.39. The van der Waals surface area contributed by atoms with Gasteiger partial charge in [0.2, 0.25) is 0 Å². The maximum Gasteiger partial charge on any atom is 0.171 e. The smallest absolute Gasteiger partial charge is 0.171 e. The number of nitrogens with zero attached hydrogens (tertiary/aromatic N) is 3. The van der Waals surface area contributed by atoms with Crippen molar-refractivity contribution in [3.63, 3.8) is 0 Å². The Balaban J connectivity index is 1.35. The molecule has 0 bridgehead atoms. The van der Waals surface area contributed by atoms with Gasteiger partial charge in [0.05, 0.1) is 38.0 Å². The van der Waals surface area contributed by atoms with Crippen LogP contribution >= 0.6 is 0 Å². The summed E-state index contributed by atoms with van der Waals surface area (Å²) in [6.45, 7) is 3.95. The van der Waals surface area contributed by atoms with E-state index in [2.05, 4.69) is 32.4 Å². The number of methoxy groups -OCH3 is 2. The van der Waals surface area contributed by atoms with Gasteiger partial charge in [0.15, 0.2) is 22.9 Å². The number of Topliss-reactive ketones (excluding diaryl/α,β-unsaturated/α-hetero) is 1. The summed E-state index contributed by atoms with van der Waals surface area (Å²) in [4.78, 5) is 17.1. The Bertz CT molecular complexity index is 1140. The zero-order valence-corrected chi connectivity index (χ0v) is 18.6. The third kappa shape index (κ3) is 3.44. The highest BCUT2D eigenvalue weighted by atomic mass is 16.5. The van der Waals surface area contributed by atoms with Gasteiger partial charge in [-0.15, -0.1) is 0 Å². The van der Waals surface area contributed by atoms with Gasteiger partial charge in [-0.25, -0.2) is 0 Å². The second-order valence-corrected chi connectivity index (χ2v) is 8.39. The molecule has 1 atom stereocenters. The van der Waals surface area contributed by atoms with Crippen molar-refractivity contribution in [1.82, 2.24) is 10.1 Å². The molecule has 1 unspecified atom stereocenters. The summed E-state index contributed by atoms with van der Waals surface area (Å²) >= 11 is 0. The largest absolute Gasteiger partial charge is 0.493 e. The van der Waals surface area contributed by atoms with Gasteiger partial charge in [0.25, 0.3) is 0 Å². The van der Waals surface area contributed by atoms with Crippen LogP contribution in [-0.4, -0.2) is 56.0 Å². The van der Waals surface area contributed by atoms with Crippen LogP contribution in [0.25, 0.3) is 11.0 Å². The number of ether oxygens (including phenoxy) is 2. The number of rotatable bonds is 6. The molecule has 0 saturated carbocycles. The van der Waals surface area contributed by atoms with E-state index >= 15 is 0 Å². The van der Waals surface area contributed by atoms with E-state index in [4.69, 9.17) is 14.0 Å². The summed E-state index contributed by atoms with van der Waals surface area (Å²) in [6, 6.07) is 11.9. The van der Waals surface area contributed by atoms with E-state index in [0.717, 1.165) is 48.4 Å². The van der Waals surface area contributed by atoms with Gasteiger partial charge in [-0.2, -0.15) is 0 Å². The fourth-order valence-electron chi connectivity index (χ4n) is 5.02. The van der Waals surface area contributed by atoms with Gasteiger partial charge < -0.3 is 24.2 Å². The summed E-state index contributed by atoms with van der Waals surface area (Å²) < 4.78 is 16.4. The fraction of sp³-hybridized carbons (Fsp3) is 0.417. The Hall–Kier alpha value is -3.26. The van der Waals surface area contributed by atoms with Crippen LogP contribution in [0.5, 0.6) is 11.5 Å². The van der Waals surface area contributed by atoms with Crippen LogP contribution in [-0.2, 0) is 4.79 Å². The first-order chi connectivity index (χ1) is 15.6. The molecule has 2 aromatic carbocycles. The van der Waals surface area contributed by atoms with Crippen LogP contribution in [0.4, 0.5) is 11.4 Å². The predicted molar refractivity (Wildman–Crippen MR) is 123 cm³/mol. The van der Waals surface area contributed by atoms with Crippen molar-refractivity contribution in [2.45, 2.75) is 31.8 Å². The maximum atomic E-state index is 12.7. The summed E-state index contributed by atoms with van der Waals surface area (Å²) in [6.07, 6.45) is 1.54. The number of carbonyl (C=O) groups is 1. The molecule has 8 heteroatoms. The molecular formula is C24H28N4O4. The molecule has 3 heterocycles. The maximum absolute atomic E-state index is 12.7. The number of para-hydroxylation sites is 2. The number of hydrogen-bond donors (Lipinski definition) is 1. The van der Waals surface area contributed by atoms with Gasteiger partial charge in [0, 0.05) is 30.5 Å². The second kappa shape index (κ2) is 8.35. The molecular weight excluding hydrogens is 408 g/mol. The average Bonchev–Trinajstić information content (AvgIpc) is 3.43. The lowest BCUT2D eigenvalue weighted by Crippen LogP contribution is -2.54. The van der Waals surface area contributed by atoms with E-state index in [0.29, 0.717) is 23.8 Å². The number of likely N-dealkylation sites (tertiary alicyclic amines) is 1. The lowest BCUT2D eigenvalue weighted by molar-refractivity contribution is -0.122. The summed E-state index contributed by atoms with van der Waals surface area (Å²) in [5, 5.41) is 8.75. The molecule has 0 spiro atoms. The third-order valence-electron chi connectivity index (χ3n) is 6.58. The molecule has 1 N–H and O–H groups in total. The number of ketones is 1. The second-order valence-electron chi connectivity index (χ2n) is 8.39. The van der Waals surface area contributed by atoms with Crippen molar-refractivity contribution in [3.8, 4) is 11.5 Å². The monoisotopic (exact) mass is 436 g/mol. The first kappa shape index (κ1) is 20.6. The van der Waals surface area contributed by atoms with Crippen molar-refractivity contribution >= 4 is 28.1 Å². The molecule has 1 fully saturated rings. The van der Waals surface area contributed by atoms with Crippen molar-refractivity contribution < 1.29 is 18.8 Å². The zero-order valence-electron chi connectivity index (χ0n) is 18.6. The molecule has 3 aromatic rings. The van der Waals surface area contributed by atoms with Crippen LogP contribution in [0.2, 0.25) is 0 Å². The van der Waals surface area contributed by atoms with Gasteiger partial charge in [-0.1, -0.05) is 17.3 Å². The predicted octanol–water partition coefficient (Wildman–Crippen LogP) is 3.83. The van der Waals surface area contributed by atoms with Gasteiger partial charge in [-0.05, 0) is 38.0 Å². The highest BCUT2D eigenvalue weighted by Gasteiger charge is 2.36. The Morgan fingerprint density at radius 2 is 1.88 bits per heavy atom. The van der Waals surface area contributed by atoms with Gasteiger partial charge >= 0.3 is 0 Å². The summed E-state index contributed by atoms with van der Waals surface area (Å²) in [5.41, 5.74) is 3.81. The fourth-order valence-corrected chi connectivity index (χ4v) is 5.02. The molecule has 0 radical (unpaired) electrons. The topological polar surface area (TPSA) is 80.1 Å². The molecule has 0 aliphatic carbocycles. The normalized spacial score (nSPS) is 17.8. The van der Waals surface area contributed by atoms with Crippen molar-refractivity contribution in [2.75, 3.05) is 44.2 Å². The lowest BCUT2D eigenvalue weighted by Gasteiger charge is -2.40. The van der Waals surface area contributed by atoms with Crippen LogP contribution < -0.4 is 19.7 Å². The van der Waals surface area contributed by atoms with E-state index in [-0.39, 0.29) is 17.9 Å². The third-order valence-corrected chi connectivity index (χ3v) is 6.58. The molecule has 8 nitrogen and oxygen atoms in total. The number of anilines is 2. The van der Waals surface area contributed by atoms with E-state index in [1.54, 1.807) is 21.1 Å². The van der Waals surface area contributed by atoms with Crippen molar-refractivity contribution in [2.24, 2.45) is 0 Å². The molecule has 0 amide bonds. The SMILES string of the molecule is COc1cc2onc(C3CCN(C(C(C)=O)N4CNc5ccccc54)CC3)c2cc1OC. The van der Waals surface area contributed by atoms with E-state index in [9.17, 15) is 4.79 Å². The minimum Gasteiger partial charge on any atom is -0.493 e. The quantitative estimate of drug-likeness (QED) is 0.625. The number of nitrogens with one attached hydrogen (secondary N) is 1. The molecule has 32 heavy (non-hydrogen) atoms. The molecule has 1 aromatic heterocycles. The van der Waals surface area contributed by atoms with Gasteiger partial charge in [0.1, 0.15) is 6.17 Å². The minimum atomic E-state index is -0.273. The Kier molecular flexibility index (Phi) is 5.38. The number of hydrogen-bond acceptors (Lipinski definition) is 8.